The van der Waals surface area contributed by atoms with Crippen LogP contribution in [-0.2, 0) is 0 Å². The molecule has 1 aromatic rings. The maximum atomic E-state index is 6.21. The molecule has 17 heavy (non-hydrogen) atoms. The predicted molar refractivity (Wildman–Crippen MR) is 70.2 cm³/mol. The van der Waals surface area contributed by atoms with Gasteiger partial charge >= 0.3 is 0 Å². The van der Waals surface area contributed by atoms with E-state index in [9.17, 15) is 0 Å². The second-order valence-corrected chi connectivity index (χ2v) is 5.57. The summed E-state index contributed by atoms with van der Waals surface area (Å²) in [6.45, 7) is 0. The first-order valence-corrected chi connectivity index (χ1v) is 7.15. The smallest absolute Gasteiger partial charge is 0.236 e. The molecule has 1 atom stereocenters. The number of ether oxygens (including phenoxy) is 1. The SMILES string of the molecule is COc1nccnc1C(N)CC1CCSCC1. The van der Waals surface area contributed by atoms with E-state index in [-0.39, 0.29) is 6.04 Å². The topological polar surface area (TPSA) is 61.0 Å². The predicted octanol–water partition coefficient (Wildman–Crippen LogP) is 2.02. The van der Waals surface area contributed by atoms with E-state index in [1.807, 2.05) is 11.8 Å². The van der Waals surface area contributed by atoms with Gasteiger partial charge in [0, 0.05) is 12.4 Å². The van der Waals surface area contributed by atoms with Crippen molar-refractivity contribution in [2.75, 3.05) is 18.6 Å². The van der Waals surface area contributed by atoms with Gasteiger partial charge in [-0.15, -0.1) is 0 Å². The summed E-state index contributed by atoms with van der Waals surface area (Å²) >= 11 is 2.04. The summed E-state index contributed by atoms with van der Waals surface area (Å²) in [5.74, 6) is 3.80. The van der Waals surface area contributed by atoms with E-state index < -0.39 is 0 Å². The quantitative estimate of drug-likeness (QED) is 0.889. The lowest BCUT2D eigenvalue weighted by atomic mass is 9.93. The summed E-state index contributed by atoms with van der Waals surface area (Å²) in [5.41, 5.74) is 7.00. The summed E-state index contributed by atoms with van der Waals surface area (Å²) in [5, 5.41) is 0. The van der Waals surface area contributed by atoms with Crippen LogP contribution in [0.2, 0.25) is 0 Å². The molecule has 0 aromatic carbocycles. The van der Waals surface area contributed by atoms with E-state index in [1.54, 1.807) is 19.5 Å². The molecule has 0 saturated carbocycles. The number of aromatic nitrogens is 2. The Labute approximate surface area is 106 Å². The average Bonchev–Trinajstić information content (AvgIpc) is 2.40. The number of nitrogens with two attached hydrogens (primary N) is 1. The van der Waals surface area contributed by atoms with E-state index in [2.05, 4.69) is 9.97 Å². The lowest BCUT2D eigenvalue weighted by Crippen LogP contribution is -2.20. The second-order valence-electron chi connectivity index (χ2n) is 4.35. The number of nitrogens with zero attached hydrogens (tertiary/aromatic N) is 2. The Kier molecular flexibility index (Phi) is 4.62. The van der Waals surface area contributed by atoms with Crippen LogP contribution in [0.15, 0.2) is 12.4 Å². The lowest BCUT2D eigenvalue weighted by molar-refractivity contribution is 0.366. The normalized spacial score (nSPS) is 18.9. The standard InChI is InChI=1S/C12H19N3OS/c1-16-12-11(14-4-5-15-12)10(13)8-9-2-6-17-7-3-9/h4-5,9-10H,2-3,6-8,13H2,1H3. The third-order valence-corrected chi connectivity index (χ3v) is 4.21. The molecule has 0 spiro atoms. The van der Waals surface area contributed by atoms with Gasteiger partial charge in [-0.2, -0.15) is 11.8 Å². The first-order chi connectivity index (χ1) is 8.31. The van der Waals surface area contributed by atoms with Crippen molar-refractivity contribution in [3.63, 3.8) is 0 Å². The zero-order valence-corrected chi connectivity index (χ0v) is 10.9. The van der Waals surface area contributed by atoms with Crippen molar-refractivity contribution >= 4 is 11.8 Å². The van der Waals surface area contributed by atoms with Crippen LogP contribution in [-0.4, -0.2) is 28.6 Å². The van der Waals surface area contributed by atoms with Gasteiger partial charge in [0.15, 0.2) is 0 Å². The minimum atomic E-state index is -0.0632. The maximum Gasteiger partial charge on any atom is 0.236 e. The highest BCUT2D eigenvalue weighted by molar-refractivity contribution is 7.99. The number of hydrogen-bond acceptors (Lipinski definition) is 5. The molecule has 2 N–H and O–H groups in total. The summed E-state index contributed by atoms with van der Waals surface area (Å²) in [6.07, 6.45) is 6.82. The molecule has 2 rings (SSSR count). The second kappa shape index (κ2) is 6.21. The third kappa shape index (κ3) is 3.33. The molecule has 2 heterocycles. The largest absolute Gasteiger partial charge is 0.480 e. The van der Waals surface area contributed by atoms with Crippen LogP contribution in [0.5, 0.6) is 5.88 Å². The average molecular weight is 253 g/mol. The van der Waals surface area contributed by atoms with Gasteiger partial charge in [0.1, 0.15) is 5.69 Å². The molecule has 1 unspecified atom stereocenters. The Morgan fingerprint density at radius 2 is 2.12 bits per heavy atom. The third-order valence-electron chi connectivity index (χ3n) is 3.16. The fraction of sp³-hybridized carbons (Fsp3) is 0.667. The van der Waals surface area contributed by atoms with Crippen LogP contribution in [0.25, 0.3) is 0 Å². The highest BCUT2D eigenvalue weighted by Gasteiger charge is 2.21. The molecule has 0 radical (unpaired) electrons. The molecule has 0 bridgehead atoms. The Morgan fingerprint density at radius 1 is 1.41 bits per heavy atom. The van der Waals surface area contributed by atoms with Crippen molar-refractivity contribution in [2.24, 2.45) is 11.7 Å². The Morgan fingerprint density at radius 3 is 2.82 bits per heavy atom. The molecule has 1 aliphatic rings. The van der Waals surface area contributed by atoms with Crippen LogP contribution < -0.4 is 10.5 Å². The van der Waals surface area contributed by atoms with E-state index in [0.717, 1.165) is 18.0 Å². The summed E-state index contributed by atoms with van der Waals surface area (Å²) in [6, 6.07) is -0.0632. The highest BCUT2D eigenvalue weighted by atomic mass is 32.2. The van der Waals surface area contributed by atoms with Gasteiger partial charge in [-0.25, -0.2) is 4.98 Å². The summed E-state index contributed by atoms with van der Waals surface area (Å²) < 4.78 is 5.20. The Balaban J connectivity index is 2.00. The number of thioether (sulfide) groups is 1. The Hall–Kier alpha value is -0.810. The molecule has 1 saturated heterocycles. The number of methoxy groups -OCH3 is 1. The van der Waals surface area contributed by atoms with Gasteiger partial charge in [0.2, 0.25) is 5.88 Å². The minimum Gasteiger partial charge on any atom is -0.480 e. The Bertz CT molecular complexity index is 355. The van der Waals surface area contributed by atoms with Crippen molar-refractivity contribution in [1.82, 2.24) is 9.97 Å². The van der Waals surface area contributed by atoms with Crippen LogP contribution in [0.1, 0.15) is 31.0 Å². The molecule has 0 amide bonds. The van der Waals surface area contributed by atoms with Gasteiger partial charge < -0.3 is 10.5 Å². The number of rotatable bonds is 4. The first-order valence-electron chi connectivity index (χ1n) is 5.99. The van der Waals surface area contributed by atoms with Gasteiger partial charge in [0.25, 0.3) is 0 Å². The van der Waals surface area contributed by atoms with Gasteiger partial charge in [-0.1, -0.05) is 0 Å². The molecular formula is C12H19N3OS. The molecule has 1 fully saturated rings. The molecule has 0 aliphatic carbocycles. The molecular weight excluding hydrogens is 234 g/mol. The molecule has 4 nitrogen and oxygen atoms in total. The molecule has 94 valence electrons. The van der Waals surface area contributed by atoms with Crippen LogP contribution in [0, 0.1) is 5.92 Å². The van der Waals surface area contributed by atoms with E-state index in [4.69, 9.17) is 10.5 Å². The zero-order valence-electron chi connectivity index (χ0n) is 10.1. The summed E-state index contributed by atoms with van der Waals surface area (Å²) in [7, 11) is 1.61. The molecule has 5 heteroatoms. The summed E-state index contributed by atoms with van der Waals surface area (Å²) in [4.78, 5) is 8.44. The minimum absolute atomic E-state index is 0.0632. The van der Waals surface area contributed by atoms with Crippen LogP contribution in [0.4, 0.5) is 0 Å². The van der Waals surface area contributed by atoms with Crippen LogP contribution >= 0.6 is 11.8 Å². The van der Waals surface area contributed by atoms with E-state index >= 15 is 0 Å². The fourth-order valence-electron chi connectivity index (χ4n) is 2.20. The lowest BCUT2D eigenvalue weighted by Gasteiger charge is -2.24. The van der Waals surface area contributed by atoms with E-state index in [1.165, 1.54) is 24.3 Å². The van der Waals surface area contributed by atoms with Crippen molar-refractivity contribution < 1.29 is 4.74 Å². The maximum absolute atomic E-state index is 6.21. The number of hydrogen-bond donors (Lipinski definition) is 1. The van der Waals surface area contributed by atoms with Crippen molar-refractivity contribution in [1.29, 1.82) is 0 Å². The van der Waals surface area contributed by atoms with Crippen molar-refractivity contribution in [3.8, 4) is 5.88 Å². The van der Waals surface area contributed by atoms with Gasteiger partial charge in [-0.3, -0.25) is 4.98 Å². The first kappa shape index (κ1) is 12.6. The van der Waals surface area contributed by atoms with Gasteiger partial charge in [0.05, 0.1) is 13.2 Å². The zero-order chi connectivity index (χ0) is 12.1. The molecule has 1 aromatic heterocycles. The monoisotopic (exact) mass is 253 g/mol. The van der Waals surface area contributed by atoms with Crippen molar-refractivity contribution in [3.05, 3.63) is 18.1 Å². The molecule has 1 aliphatic heterocycles. The van der Waals surface area contributed by atoms with Crippen molar-refractivity contribution in [2.45, 2.75) is 25.3 Å². The van der Waals surface area contributed by atoms with E-state index in [0.29, 0.717) is 5.88 Å². The van der Waals surface area contributed by atoms with Gasteiger partial charge in [-0.05, 0) is 36.7 Å². The fourth-order valence-corrected chi connectivity index (χ4v) is 3.40. The highest BCUT2D eigenvalue weighted by Crippen LogP contribution is 2.31. The van der Waals surface area contributed by atoms with Crippen LogP contribution in [0.3, 0.4) is 0 Å².